The van der Waals surface area contributed by atoms with E-state index in [0.29, 0.717) is 15.2 Å². The van der Waals surface area contributed by atoms with Gasteiger partial charge in [0.15, 0.2) is 0 Å². The quantitative estimate of drug-likeness (QED) is 0.887. The zero-order valence-electron chi connectivity index (χ0n) is 10.8. The number of amides is 1. The van der Waals surface area contributed by atoms with Gasteiger partial charge in [-0.15, -0.1) is 11.3 Å². The van der Waals surface area contributed by atoms with Crippen LogP contribution in [0, 0.1) is 0 Å². The van der Waals surface area contributed by atoms with Crippen LogP contribution in [0.5, 0.6) is 0 Å². The van der Waals surface area contributed by atoms with Crippen LogP contribution < -0.4 is 5.43 Å². The van der Waals surface area contributed by atoms with Crippen LogP contribution in [0.25, 0.3) is 10.2 Å². The SMILES string of the molecule is CC(=O)N(C)NCc1nc2cc(C(F)(F)F)ccc2s1. The fraction of sp³-hybridized carbons (Fsp3) is 0.333. The average Bonchev–Trinajstić information content (AvgIpc) is 2.76. The average molecular weight is 303 g/mol. The standard InChI is InChI=1S/C12H12F3N3OS/c1-7(19)18(2)16-6-11-17-9-5-8(12(13,14)15)3-4-10(9)20-11/h3-5,16H,6H2,1-2H3. The number of fused-ring (bicyclic) bond motifs is 1. The predicted octanol–water partition coefficient (Wildman–Crippen LogP) is 2.80. The number of hydrogen-bond acceptors (Lipinski definition) is 4. The van der Waals surface area contributed by atoms with E-state index in [-0.39, 0.29) is 12.5 Å². The van der Waals surface area contributed by atoms with E-state index in [9.17, 15) is 18.0 Å². The lowest BCUT2D eigenvalue weighted by Gasteiger charge is -2.14. The second-order valence-electron chi connectivity index (χ2n) is 4.20. The van der Waals surface area contributed by atoms with Crippen molar-refractivity contribution in [2.45, 2.75) is 19.6 Å². The van der Waals surface area contributed by atoms with Gasteiger partial charge in [-0.25, -0.2) is 10.4 Å². The lowest BCUT2D eigenvalue weighted by Crippen LogP contribution is -2.37. The first-order chi connectivity index (χ1) is 9.27. The van der Waals surface area contributed by atoms with Crippen molar-refractivity contribution in [1.82, 2.24) is 15.4 Å². The third kappa shape index (κ3) is 3.26. The molecule has 0 atom stereocenters. The lowest BCUT2D eigenvalue weighted by atomic mass is 10.2. The Labute approximate surface area is 117 Å². The largest absolute Gasteiger partial charge is 0.416 e. The molecule has 108 valence electrons. The molecular formula is C12H12F3N3OS. The molecule has 1 aromatic heterocycles. The van der Waals surface area contributed by atoms with E-state index in [0.717, 1.165) is 12.1 Å². The summed E-state index contributed by atoms with van der Waals surface area (Å²) >= 11 is 1.29. The molecule has 4 nitrogen and oxygen atoms in total. The highest BCUT2D eigenvalue weighted by molar-refractivity contribution is 7.18. The number of rotatable bonds is 3. The number of carbonyl (C=O) groups is 1. The summed E-state index contributed by atoms with van der Waals surface area (Å²) in [4.78, 5) is 15.1. The van der Waals surface area contributed by atoms with Gasteiger partial charge < -0.3 is 0 Å². The lowest BCUT2D eigenvalue weighted by molar-refractivity contribution is -0.137. The van der Waals surface area contributed by atoms with Gasteiger partial charge in [0.25, 0.3) is 0 Å². The number of aromatic nitrogens is 1. The summed E-state index contributed by atoms with van der Waals surface area (Å²) in [5.74, 6) is -0.162. The Morgan fingerprint density at radius 3 is 2.75 bits per heavy atom. The molecule has 1 N–H and O–H groups in total. The molecule has 0 aliphatic heterocycles. The van der Waals surface area contributed by atoms with Gasteiger partial charge in [-0.2, -0.15) is 13.2 Å². The van der Waals surface area contributed by atoms with Gasteiger partial charge in [-0.05, 0) is 18.2 Å². The predicted molar refractivity (Wildman–Crippen MR) is 69.9 cm³/mol. The molecule has 0 aliphatic carbocycles. The van der Waals surface area contributed by atoms with Crippen molar-refractivity contribution in [3.05, 3.63) is 28.8 Å². The molecule has 1 heterocycles. The number of hydrogen-bond donors (Lipinski definition) is 1. The third-order valence-electron chi connectivity index (χ3n) is 2.70. The summed E-state index contributed by atoms with van der Waals surface area (Å²) in [6.45, 7) is 1.69. The van der Waals surface area contributed by atoms with E-state index in [1.807, 2.05) is 0 Å². The van der Waals surface area contributed by atoms with Crippen LogP contribution in [-0.4, -0.2) is 22.9 Å². The minimum atomic E-state index is -4.37. The number of nitrogens with zero attached hydrogens (tertiary/aromatic N) is 2. The maximum Gasteiger partial charge on any atom is 0.416 e. The Morgan fingerprint density at radius 2 is 2.15 bits per heavy atom. The zero-order chi connectivity index (χ0) is 14.9. The molecule has 2 aromatic rings. The van der Waals surface area contributed by atoms with E-state index in [4.69, 9.17) is 0 Å². The van der Waals surface area contributed by atoms with Crippen LogP contribution in [-0.2, 0) is 17.5 Å². The summed E-state index contributed by atoms with van der Waals surface area (Å²) in [6, 6.07) is 3.48. The maximum atomic E-state index is 12.6. The van der Waals surface area contributed by atoms with Crippen LogP contribution in [0.4, 0.5) is 13.2 Å². The molecular weight excluding hydrogens is 291 g/mol. The van der Waals surface area contributed by atoms with Crippen molar-refractivity contribution >= 4 is 27.5 Å². The molecule has 1 aromatic carbocycles. The molecule has 0 fully saturated rings. The van der Waals surface area contributed by atoms with E-state index in [1.54, 1.807) is 7.05 Å². The number of hydrazine groups is 1. The minimum Gasteiger partial charge on any atom is -0.281 e. The Bertz CT molecular complexity index is 638. The third-order valence-corrected chi connectivity index (χ3v) is 3.74. The molecule has 8 heteroatoms. The first-order valence-corrected chi connectivity index (χ1v) is 6.53. The van der Waals surface area contributed by atoms with Crippen LogP contribution in [0.1, 0.15) is 17.5 Å². The van der Waals surface area contributed by atoms with Crippen LogP contribution in [0.2, 0.25) is 0 Å². The number of halogens is 3. The summed E-state index contributed by atoms with van der Waals surface area (Å²) in [5.41, 5.74) is 2.41. The molecule has 0 spiro atoms. The highest BCUT2D eigenvalue weighted by atomic mass is 32.1. The molecule has 0 radical (unpaired) electrons. The van der Waals surface area contributed by atoms with E-state index >= 15 is 0 Å². The monoisotopic (exact) mass is 303 g/mol. The normalized spacial score (nSPS) is 11.8. The number of benzene rings is 1. The first-order valence-electron chi connectivity index (χ1n) is 5.72. The molecule has 0 unspecified atom stereocenters. The van der Waals surface area contributed by atoms with Gasteiger partial charge >= 0.3 is 6.18 Å². The molecule has 0 bridgehead atoms. The smallest absolute Gasteiger partial charge is 0.281 e. The Morgan fingerprint density at radius 1 is 1.45 bits per heavy atom. The number of thiazole rings is 1. The van der Waals surface area contributed by atoms with Crippen molar-refractivity contribution in [1.29, 1.82) is 0 Å². The number of carbonyl (C=O) groups excluding carboxylic acids is 1. The fourth-order valence-corrected chi connectivity index (χ4v) is 2.40. The van der Waals surface area contributed by atoms with Crippen LogP contribution in [0.3, 0.4) is 0 Å². The Balaban J connectivity index is 2.19. The summed E-state index contributed by atoms with van der Waals surface area (Å²) < 4.78 is 38.4. The van der Waals surface area contributed by atoms with Gasteiger partial charge in [0.05, 0.1) is 22.3 Å². The molecule has 0 aliphatic rings. The van der Waals surface area contributed by atoms with Crippen molar-refractivity contribution in [2.75, 3.05) is 7.05 Å². The van der Waals surface area contributed by atoms with Crippen LogP contribution in [0.15, 0.2) is 18.2 Å². The van der Waals surface area contributed by atoms with Crippen LogP contribution >= 0.6 is 11.3 Å². The second kappa shape index (κ2) is 5.37. The Kier molecular flexibility index (Phi) is 3.96. The van der Waals surface area contributed by atoms with Gasteiger partial charge in [-0.1, -0.05) is 0 Å². The van der Waals surface area contributed by atoms with Gasteiger partial charge in [-0.3, -0.25) is 9.80 Å². The fourth-order valence-electron chi connectivity index (χ4n) is 1.52. The van der Waals surface area contributed by atoms with Gasteiger partial charge in [0.1, 0.15) is 5.01 Å². The van der Waals surface area contributed by atoms with Gasteiger partial charge in [0, 0.05) is 14.0 Å². The first kappa shape index (κ1) is 14.7. The number of alkyl halides is 3. The maximum absolute atomic E-state index is 12.6. The van der Waals surface area contributed by atoms with Gasteiger partial charge in [0.2, 0.25) is 5.91 Å². The molecule has 0 saturated heterocycles. The number of nitrogens with one attached hydrogen (secondary N) is 1. The molecule has 20 heavy (non-hydrogen) atoms. The van der Waals surface area contributed by atoms with E-state index in [1.165, 1.54) is 29.3 Å². The minimum absolute atomic E-state index is 0.162. The molecule has 0 saturated carbocycles. The Hall–Kier alpha value is -1.67. The summed E-state index contributed by atoms with van der Waals surface area (Å²) in [5, 5.41) is 1.92. The van der Waals surface area contributed by atoms with Crippen molar-refractivity contribution < 1.29 is 18.0 Å². The summed E-state index contributed by atoms with van der Waals surface area (Å²) in [6.07, 6.45) is -4.37. The van der Waals surface area contributed by atoms with Crippen molar-refractivity contribution in [2.24, 2.45) is 0 Å². The highest BCUT2D eigenvalue weighted by Crippen LogP contribution is 2.32. The van der Waals surface area contributed by atoms with E-state index in [2.05, 4.69) is 10.4 Å². The van der Waals surface area contributed by atoms with E-state index < -0.39 is 11.7 Å². The van der Waals surface area contributed by atoms with Crippen molar-refractivity contribution in [3.63, 3.8) is 0 Å². The topological polar surface area (TPSA) is 45.2 Å². The highest BCUT2D eigenvalue weighted by Gasteiger charge is 2.30. The molecule has 2 rings (SSSR count). The second-order valence-corrected chi connectivity index (χ2v) is 5.32. The molecule has 1 amide bonds. The zero-order valence-corrected chi connectivity index (χ0v) is 11.6. The summed E-state index contributed by atoms with van der Waals surface area (Å²) in [7, 11) is 1.57. The van der Waals surface area contributed by atoms with Crippen molar-refractivity contribution in [3.8, 4) is 0 Å².